The second kappa shape index (κ2) is 8.95. The molecule has 0 unspecified atom stereocenters. The second-order valence-corrected chi connectivity index (χ2v) is 7.50. The molecule has 0 atom stereocenters. The van der Waals surface area contributed by atoms with Crippen LogP contribution in [0, 0.1) is 6.92 Å². The molecule has 4 heteroatoms. The quantitative estimate of drug-likeness (QED) is 0.743. The second-order valence-electron chi connectivity index (χ2n) is 6.52. The number of rotatable bonds is 7. The number of hydrogen-bond acceptors (Lipinski definition) is 3. The SMILES string of the molecule is Cc1ccccc1CSCC(=O)Nc1ccc(OC2CCCC2)cc1. The van der Waals surface area contributed by atoms with Crippen molar-refractivity contribution in [3.63, 3.8) is 0 Å². The van der Waals surface area contributed by atoms with Crippen LogP contribution >= 0.6 is 11.8 Å². The molecule has 2 aromatic carbocycles. The number of anilines is 1. The van der Waals surface area contributed by atoms with Gasteiger partial charge in [-0.15, -0.1) is 11.8 Å². The average molecular weight is 356 g/mol. The standard InChI is InChI=1S/C21H25NO2S/c1-16-6-2-3-7-17(16)14-25-15-21(23)22-18-10-12-20(13-11-18)24-19-8-4-5-9-19/h2-3,6-7,10-13,19H,4-5,8-9,14-15H2,1H3,(H,22,23). The molecule has 0 bridgehead atoms. The fraction of sp³-hybridized carbons (Fsp3) is 0.381. The van der Waals surface area contributed by atoms with E-state index < -0.39 is 0 Å². The van der Waals surface area contributed by atoms with Gasteiger partial charge in [0.1, 0.15) is 5.75 Å². The first-order valence-electron chi connectivity index (χ1n) is 8.89. The van der Waals surface area contributed by atoms with Crippen molar-refractivity contribution in [2.45, 2.75) is 44.5 Å². The van der Waals surface area contributed by atoms with Crippen LogP contribution in [-0.2, 0) is 10.5 Å². The maximum atomic E-state index is 12.1. The Kier molecular flexibility index (Phi) is 6.40. The summed E-state index contributed by atoms with van der Waals surface area (Å²) >= 11 is 1.64. The lowest BCUT2D eigenvalue weighted by atomic mass is 10.1. The summed E-state index contributed by atoms with van der Waals surface area (Å²) in [5.41, 5.74) is 3.38. The Labute approximate surface area is 154 Å². The molecule has 0 spiro atoms. The van der Waals surface area contributed by atoms with E-state index >= 15 is 0 Å². The predicted molar refractivity (Wildman–Crippen MR) is 105 cm³/mol. The fourth-order valence-electron chi connectivity index (χ4n) is 3.04. The van der Waals surface area contributed by atoms with Gasteiger partial charge < -0.3 is 10.1 Å². The summed E-state index contributed by atoms with van der Waals surface area (Å²) < 4.78 is 5.94. The van der Waals surface area contributed by atoms with E-state index in [-0.39, 0.29) is 5.91 Å². The minimum atomic E-state index is 0.0306. The Morgan fingerprint density at radius 2 is 1.84 bits per heavy atom. The molecule has 1 N–H and O–H groups in total. The molecule has 0 heterocycles. The van der Waals surface area contributed by atoms with E-state index in [0.717, 1.165) is 30.0 Å². The number of nitrogens with one attached hydrogen (secondary N) is 1. The fourth-order valence-corrected chi connectivity index (χ4v) is 3.94. The number of thioether (sulfide) groups is 1. The number of amides is 1. The number of carbonyl (C=O) groups excluding carboxylic acids is 1. The highest BCUT2D eigenvalue weighted by Crippen LogP contribution is 2.25. The van der Waals surface area contributed by atoms with E-state index in [0.29, 0.717) is 11.9 Å². The minimum Gasteiger partial charge on any atom is -0.490 e. The molecule has 1 fully saturated rings. The summed E-state index contributed by atoms with van der Waals surface area (Å²) in [5, 5.41) is 2.95. The molecule has 1 aliphatic rings. The Morgan fingerprint density at radius 3 is 2.56 bits per heavy atom. The summed E-state index contributed by atoms with van der Waals surface area (Å²) in [6, 6.07) is 16.0. The lowest BCUT2D eigenvalue weighted by Crippen LogP contribution is -2.14. The van der Waals surface area contributed by atoms with Crippen LogP contribution in [0.4, 0.5) is 5.69 Å². The summed E-state index contributed by atoms with van der Waals surface area (Å²) in [4.78, 5) is 12.1. The first-order chi connectivity index (χ1) is 12.2. The van der Waals surface area contributed by atoms with E-state index in [2.05, 4.69) is 24.4 Å². The Bertz CT molecular complexity index is 693. The molecular weight excluding hydrogens is 330 g/mol. The molecule has 132 valence electrons. The minimum absolute atomic E-state index is 0.0306. The van der Waals surface area contributed by atoms with Gasteiger partial charge in [0.25, 0.3) is 0 Å². The van der Waals surface area contributed by atoms with Gasteiger partial charge in [-0.2, -0.15) is 0 Å². The molecule has 1 aliphatic carbocycles. The topological polar surface area (TPSA) is 38.3 Å². The Balaban J connectivity index is 1.42. The molecule has 3 rings (SSSR count). The van der Waals surface area contributed by atoms with Crippen molar-refractivity contribution in [1.29, 1.82) is 0 Å². The first-order valence-corrected chi connectivity index (χ1v) is 10.0. The molecule has 0 saturated heterocycles. The molecule has 25 heavy (non-hydrogen) atoms. The molecular formula is C21H25NO2S. The Morgan fingerprint density at radius 1 is 1.12 bits per heavy atom. The van der Waals surface area contributed by atoms with Crippen molar-refractivity contribution < 1.29 is 9.53 Å². The van der Waals surface area contributed by atoms with Gasteiger partial charge in [0.15, 0.2) is 0 Å². The van der Waals surface area contributed by atoms with Gasteiger partial charge in [0.05, 0.1) is 11.9 Å². The number of hydrogen-bond donors (Lipinski definition) is 1. The zero-order valence-electron chi connectivity index (χ0n) is 14.7. The summed E-state index contributed by atoms with van der Waals surface area (Å²) in [5.74, 6) is 2.23. The lowest BCUT2D eigenvalue weighted by Gasteiger charge is -2.13. The van der Waals surface area contributed by atoms with Crippen molar-refractivity contribution in [3.05, 3.63) is 59.7 Å². The maximum Gasteiger partial charge on any atom is 0.234 e. The molecule has 2 aromatic rings. The summed E-state index contributed by atoms with van der Waals surface area (Å²) in [6.07, 6.45) is 5.18. The van der Waals surface area contributed by atoms with Crippen LogP contribution in [-0.4, -0.2) is 17.8 Å². The monoisotopic (exact) mass is 355 g/mol. The van der Waals surface area contributed by atoms with Crippen LogP contribution in [0.1, 0.15) is 36.8 Å². The van der Waals surface area contributed by atoms with E-state index in [1.807, 2.05) is 36.4 Å². The van der Waals surface area contributed by atoms with Gasteiger partial charge in [-0.3, -0.25) is 4.79 Å². The third-order valence-electron chi connectivity index (χ3n) is 4.49. The third kappa shape index (κ3) is 5.53. The van der Waals surface area contributed by atoms with Crippen LogP contribution in [0.25, 0.3) is 0 Å². The molecule has 0 aromatic heterocycles. The predicted octanol–water partition coefficient (Wildman–Crippen LogP) is 5.19. The highest BCUT2D eigenvalue weighted by Gasteiger charge is 2.16. The van der Waals surface area contributed by atoms with Gasteiger partial charge in [-0.25, -0.2) is 0 Å². The smallest absolute Gasteiger partial charge is 0.234 e. The zero-order valence-corrected chi connectivity index (χ0v) is 15.5. The largest absolute Gasteiger partial charge is 0.490 e. The van der Waals surface area contributed by atoms with Gasteiger partial charge in [-0.05, 0) is 68.0 Å². The number of ether oxygens (including phenoxy) is 1. The zero-order chi connectivity index (χ0) is 17.5. The number of benzene rings is 2. The van der Waals surface area contributed by atoms with E-state index in [9.17, 15) is 4.79 Å². The van der Waals surface area contributed by atoms with Crippen LogP contribution < -0.4 is 10.1 Å². The normalized spacial score (nSPS) is 14.4. The average Bonchev–Trinajstić information content (AvgIpc) is 3.11. The van der Waals surface area contributed by atoms with Crippen molar-refractivity contribution in [2.75, 3.05) is 11.1 Å². The number of aryl methyl sites for hydroxylation is 1. The maximum absolute atomic E-state index is 12.1. The Hall–Kier alpha value is -1.94. The molecule has 1 saturated carbocycles. The van der Waals surface area contributed by atoms with Gasteiger partial charge >= 0.3 is 0 Å². The van der Waals surface area contributed by atoms with Crippen molar-refractivity contribution >= 4 is 23.4 Å². The van der Waals surface area contributed by atoms with Crippen molar-refractivity contribution in [1.82, 2.24) is 0 Å². The van der Waals surface area contributed by atoms with Gasteiger partial charge in [-0.1, -0.05) is 24.3 Å². The highest BCUT2D eigenvalue weighted by molar-refractivity contribution is 7.99. The summed E-state index contributed by atoms with van der Waals surface area (Å²) in [6.45, 7) is 2.10. The van der Waals surface area contributed by atoms with Crippen molar-refractivity contribution in [3.8, 4) is 5.75 Å². The van der Waals surface area contributed by atoms with Gasteiger partial charge in [0, 0.05) is 11.4 Å². The lowest BCUT2D eigenvalue weighted by molar-refractivity contribution is -0.113. The molecule has 1 amide bonds. The first kappa shape index (κ1) is 17.9. The van der Waals surface area contributed by atoms with E-state index in [1.54, 1.807) is 11.8 Å². The van der Waals surface area contributed by atoms with Crippen molar-refractivity contribution in [2.24, 2.45) is 0 Å². The highest BCUT2D eigenvalue weighted by atomic mass is 32.2. The molecule has 3 nitrogen and oxygen atoms in total. The van der Waals surface area contributed by atoms with E-state index in [1.165, 1.54) is 24.0 Å². The van der Waals surface area contributed by atoms with Crippen LogP contribution in [0.5, 0.6) is 5.75 Å². The summed E-state index contributed by atoms with van der Waals surface area (Å²) in [7, 11) is 0. The van der Waals surface area contributed by atoms with Crippen LogP contribution in [0.15, 0.2) is 48.5 Å². The van der Waals surface area contributed by atoms with E-state index in [4.69, 9.17) is 4.74 Å². The van der Waals surface area contributed by atoms with Gasteiger partial charge in [0.2, 0.25) is 5.91 Å². The van der Waals surface area contributed by atoms with Crippen LogP contribution in [0.3, 0.4) is 0 Å². The third-order valence-corrected chi connectivity index (χ3v) is 5.48. The molecule has 0 aliphatic heterocycles. The molecule has 0 radical (unpaired) electrons. The van der Waals surface area contributed by atoms with Crippen LogP contribution in [0.2, 0.25) is 0 Å². The number of carbonyl (C=O) groups is 1.